The molecule has 0 N–H and O–H groups in total. The molecule has 0 fully saturated rings. The summed E-state index contributed by atoms with van der Waals surface area (Å²) in [6, 6.07) is 14.7. The van der Waals surface area contributed by atoms with Gasteiger partial charge in [-0.15, -0.1) is 0 Å². The molecular formula is C22H19Cl2N5O2. The second kappa shape index (κ2) is 8.53. The molecule has 4 aromatic rings. The molecule has 0 atom stereocenters. The Hall–Kier alpha value is -3.16. The largest absolute Gasteiger partial charge is 0.487 e. The second-order valence-corrected chi connectivity index (χ2v) is 7.90. The molecule has 2 aromatic heterocycles. The number of aromatic nitrogens is 5. The third-order valence-electron chi connectivity index (χ3n) is 4.98. The Kier molecular flexibility index (Phi) is 5.80. The van der Waals surface area contributed by atoms with Crippen molar-refractivity contribution in [1.82, 2.24) is 24.8 Å². The minimum atomic E-state index is -0.334. The van der Waals surface area contributed by atoms with Crippen molar-refractivity contribution in [2.24, 2.45) is 7.05 Å². The molecule has 0 unspecified atom stereocenters. The molecular weight excluding hydrogens is 437 g/mol. The number of hydrogen-bond donors (Lipinski definition) is 0. The molecule has 31 heavy (non-hydrogen) atoms. The van der Waals surface area contributed by atoms with Crippen LogP contribution < -0.4 is 10.4 Å². The van der Waals surface area contributed by atoms with Crippen LogP contribution in [0.2, 0.25) is 10.2 Å². The Balaban J connectivity index is 1.66. The summed E-state index contributed by atoms with van der Waals surface area (Å²) in [5.41, 5.74) is 4.63. The molecule has 2 aromatic carbocycles. The molecule has 0 saturated heterocycles. The first kappa shape index (κ1) is 21.1. The molecule has 0 aliphatic carbocycles. The third-order valence-corrected chi connectivity index (χ3v) is 5.48. The van der Waals surface area contributed by atoms with Crippen LogP contribution in [0.4, 0.5) is 0 Å². The molecule has 0 radical (unpaired) electrons. The standard InChI is InChI=1S/C22H19Cl2N5O2/c1-13-6-4-8-19(29-22(30)28(3)26-27-29)16(13)12-31-20-10-14(2)15(11-17(20)23)18-7-5-9-21(24)25-18/h4-11H,12H2,1-3H3. The summed E-state index contributed by atoms with van der Waals surface area (Å²) in [6.45, 7) is 4.11. The van der Waals surface area contributed by atoms with Gasteiger partial charge in [-0.2, -0.15) is 9.36 Å². The highest BCUT2D eigenvalue weighted by atomic mass is 35.5. The van der Waals surface area contributed by atoms with E-state index in [4.69, 9.17) is 27.9 Å². The lowest BCUT2D eigenvalue weighted by molar-refractivity contribution is 0.305. The second-order valence-electron chi connectivity index (χ2n) is 7.10. The van der Waals surface area contributed by atoms with E-state index >= 15 is 0 Å². The Bertz CT molecular complexity index is 1330. The van der Waals surface area contributed by atoms with Gasteiger partial charge in [-0.05, 0) is 65.7 Å². The maximum atomic E-state index is 12.3. The molecule has 4 rings (SSSR count). The zero-order chi connectivity index (χ0) is 22.1. The van der Waals surface area contributed by atoms with Gasteiger partial charge in [0.15, 0.2) is 0 Å². The monoisotopic (exact) mass is 455 g/mol. The zero-order valence-corrected chi connectivity index (χ0v) is 18.6. The van der Waals surface area contributed by atoms with Gasteiger partial charge in [0.2, 0.25) is 0 Å². The highest BCUT2D eigenvalue weighted by Gasteiger charge is 2.15. The Morgan fingerprint density at radius 1 is 1.00 bits per heavy atom. The predicted molar refractivity (Wildman–Crippen MR) is 120 cm³/mol. The number of pyridine rings is 1. The summed E-state index contributed by atoms with van der Waals surface area (Å²) < 4.78 is 8.49. The Morgan fingerprint density at radius 3 is 2.48 bits per heavy atom. The van der Waals surface area contributed by atoms with E-state index in [2.05, 4.69) is 15.4 Å². The average Bonchev–Trinajstić information content (AvgIpc) is 3.07. The van der Waals surface area contributed by atoms with Crippen LogP contribution in [0.5, 0.6) is 5.75 Å². The van der Waals surface area contributed by atoms with E-state index < -0.39 is 0 Å². The SMILES string of the molecule is Cc1cc(OCc2c(C)cccc2-n2nnn(C)c2=O)c(Cl)cc1-c1cccc(Cl)n1. The van der Waals surface area contributed by atoms with Gasteiger partial charge >= 0.3 is 5.69 Å². The van der Waals surface area contributed by atoms with Crippen LogP contribution in [-0.4, -0.2) is 24.8 Å². The first-order chi connectivity index (χ1) is 14.8. The lowest BCUT2D eigenvalue weighted by Crippen LogP contribution is -2.23. The van der Waals surface area contributed by atoms with Crippen LogP contribution >= 0.6 is 23.2 Å². The van der Waals surface area contributed by atoms with E-state index in [1.165, 1.54) is 9.36 Å². The number of ether oxygens (including phenoxy) is 1. The number of nitrogens with zero attached hydrogens (tertiary/aromatic N) is 5. The number of tetrazole rings is 1. The van der Waals surface area contributed by atoms with E-state index in [-0.39, 0.29) is 12.3 Å². The minimum Gasteiger partial charge on any atom is -0.487 e. The van der Waals surface area contributed by atoms with Gasteiger partial charge in [-0.3, -0.25) is 0 Å². The number of halogens is 2. The Morgan fingerprint density at radius 2 is 1.77 bits per heavy atom. The summed E-state index contributed by atoms with van der Waals surface area (Å²) in [7, 11) is 1.55. The van der Waals surface area contributed by atoms with Crippen molar-refractivity contribution in [1.29, 1.82) is 0 Å². The quantitative estimate of drug-likeness (QED) is 0.413. The van der Waals surface area contributed by atoms with E-state index in [9.17, 15) is 4.79 Å². The van der Waals surface area contributed by atoms with Gasteiger partial charge in [0, 0.05) is 18.2 Å². The Labute approximate surface area is 188 Å². The highest BCUT2D eigenvalue weighted by Crippen LogP contribution is 2.34. The maximum absolute atomic E-state index is 12.3. The van der Waals surface area contributed by atoms with Crippen molar-refractivity contribution in [3.05, 3.63) is 85.9 Å². The van der Waals surface area contributed by atoms with Gasteiger partial charge in [0.1, 0.15) is 17.5 Å². The summed E-state index contributed by atoms with van der Waals surface area (Å²) in [6.07, 6.45) is 0. The number of hydrogen-bond acceptors (Lipinski definition) is 5. The third kappa shape index (κ3) is 4.19. The topological polar surface area (TPSA) is 74.8 Å². The normalized spacial score (nSPS) is 11.0. The van der Waals surface area contributed by atoms with Crippen molar-refractivity contribution < 1.29 is 4.74 Å². The van der Waals surface area contributed by atoms with Gasteiger partial charge in [-0.1, -0.05) is 41.4 Å². The molecule has 2 heterocycles. The smallest absolute Gasteiger partial charge is 0.368 e. The van der Waals surface area contributed by atoms with Crippen molar-refractivity contribution in [3.63, 3.8) is 0 Å². The molecule has 0 amide bonds. The van der Waals surface area contributed by atoms with Crippen molar-refractivity contribution >= 4 is 23.2 Å². The summed E-state index contributed by atoms with van der Waals surface area (Å²) in [4.78, 5) is 16.7. The maximum Gasteiger partial charge on any atom is 0.368 e. The van der Waals surface area contributed by atoms with E-state index in [0.29, 0.717) is 21.6 Å². The van der Waals surface area contributed by atoms with Crippen LogP contribution in [0, 0.1) is 13.8 Å². The van der Waals surface area contributed by atoms with Gasteiger partial charge in [-0.25, -0.2) is 9.78 Å². The van der Waals surface area contributed by atoms with Crippen LogP contribution in [0.1, 0.15) is 16.7 Å². The fourth-order valence-electron chi connectivity index (χ4n) is 3.29. The van der Waals surface area contributed by atoms with Crippen LogP contribution in [0.25, 0.3) is 16.9 Å². The number of aryl methyl sites for hydroxylation is 3. The fourth-order valence-corrected chi connectivity index (χ4v) is 3.67. The molecule has 7 nitrogen and oxygen atoms in total. The van der Waals surface area contributed by atoms with Crippen LogP contribution in [0.3, 0.4) is 0 Å². The summed E-state index contributed by atoms with van der Waals surface area (Å²) >= 11 is 12.5. The number of rotatable bonds is 5. The first-order valence-electron chi connectivity index (χ1n) is 9.49. The van der Waals surface area contributed by atoms with Gasteiger partial charge < -0.3 is 4.74 Å². The van der Waals surface area contributed by atoms with E-state index in [0.717, 1.165) is 27.9 Å². The zero-order valence-electron chi connectivity index (χ0n) is 17.1. The van der Waals surface area contributed by atoms with Gasteiger partial charge in [0.05, 0.1) is 16.4 Å². The van der Waals surface area contributed by atoms with Crippen molar-refractivity contribution in [2.75, 3.05) is 0 Å². The van der Waals surface area contributed by atoms with E-state index in [1.54, 1.807) is 13.1 Å². The molecule has 0 spiro atoms. The van der Waals surface area contributed by atoms with Gasteiger partial charge in [0.25, 0.3) is 0 Å². The lowest BCUT2D eigenvalue weighted by Gasteiger charge is -2.15. The van der Waals surface area contributed by atoms with Crippen molar-refractivity contribution in [2.45, 2.75) is 20.5 Å². The van der Waals surface area contributed by atoms with Crippen LogP contribution in [0.15, 0.2) is 53.3 Å². The molecule has 0 aliphatic rings. The first-order valence-corrected chi connectivity index (χ1v) is 10.2. The summed E-state index contributed by atoms with van der Waals surface area (Å²) in [5, 5.41) is 8.61. The lowest BCUT2D eigenvalue weighted by atomic mass is 10.0. The van der Waals surface area contributed by atoms with Crippen molar-refractivity contribution in [3.8, 4) is 22.7 Å². The molecule has 0 saturated carbocycles. The predicted octanol–water partition coefficient (Wildman–Crippen LogP) is 4.53. The van der Waals surface area contributed by atoms with Crippen LogP contribution in [-0.2, 0) is 13.7 Å². The minimum absolute atomic E-state index is 0.207. The highest BCUT2D eigenvalue weighted by molar-refractivity contribution is 6.32. The molecule has 0 aliphatic heterocycles. The molecule has 158 valence electrons. The fraction of sp³-hybridized carbons (Fsp3) is 0.182. The van der Waals surface area contributed by atoms with E-state index in [1.807, 2.05) is 56.3 Å². The molecule has 0 bridgehead atoms. The average molecular weight is 456 g/mol. The molecule has 9 heteroatoms. The summed E-state index contributed by atoms with van der Waals surface area (Å²) in [5.74, 6) is 0.533. The number of benzene rings is 2.